The minimum Gasteiger partial charge on any atom is -0.368 e. The summed E-state index contributed by atoms with van der Waals surface area (Å²) >= 11 is 0. The number of hydrogen-bond donors (Lipinski definition) is 3. The zero-order valence-electron chi connectivity index (χ0n) is 19.2. The highest BCUT2D eigenvalue weighted by molar-refractivity contribution is 5.76. The van der Waals surface area contributed by atoms with E-state index >= 15 is 0 Å². The smallest absolute Gasteiger partial charge is 0.220 e. The predicted octanol–water partition coefficient (Wildman–Crippen LogP) is 4.37. The van der Waals surface area contributed by atoms with Crippen molar-refractivity contribution >= 4 is 23.4 Å². The molecule has 0 unspecified atom stereocenters. The van der Waals surface area contributed by atoms with Crippen LogP contribution < -0.4 is 16.0 Å². The number of hydrogen-bond acceptors (Lipinski definition) is 6. The summed E-state index contributed by atoms with van der Waals surface area (Å²) in [7, 11) is 0. The fraction of sp³-hybridized carbons (Fsp3) is 0.600. The third-order valence-electron chi connectivity index (χ3n) is 7.46. The molecule has 2 heterocycles. The lowest BCUT2D eigenvalue weighted by molar-refractivity contribution is -0.129. The third kappa shape index (κ3) is 4.87. The Morgan fingerprint density at radius 2 is 1.66 bits per heavy atom. The lowest BCUT2D eigenvalue weighted by Crippen LogP contribution is -2.48. The molecule has 2 aromatic heterocycles. The van der Waals surface area contributed by atoms with Crippen molar-refractivity contribution in [2.24, 2.45) is 23.2 Å². The number of carbonyl (C=O) groups is 1. The number of aromatic nitrogens is 3. The van der Waals surface area contributed by atoms with Gasteiger partial charge in [0.2, 0.25) is 5.91 Å². The number of aryl methyl sites for hydroxylation is 2. The third-order valence-corrected chi connectivity index (χ3v) is 7.46. The molecule has 0 saturated heterocycles. The second-order valence-electron chi connectivity index (χ2n) is 10.4. The van der Waals surface area contributed by atoms with Gasteiger partial charge in [0.1, 0.15) is 23.3 Å². The van der Waals surface area contributed by atoms with Crippen LogP contribution in [0.5, 0.6) is 0 Å². The minimum absolute atomic E-state index is 0.209. The van der Waals surface area contributed by atoms with Crippen molar-refractivity contribution < 1.29 is 4.79 Å². The Labute approximate surface area is 190 Å². The van der Waals surface area contributed by atoms with Gasteiger partial charge in [-0.25, -0.2) is 15.0 Å². The van der Waals surface area contributed by atoms with Crippen molar-refractivity contribution in [3.05, 3.63) is 35.8 Å². The van der Waals surface area contributed by atoms with E-state index in [0.717, 1.165) is 35.0 Å². The average molecular weight is 435 g/mol. The van der Waals surface area contributed by atoms with Crippen LogP contribution in [0.15, 0.2) is 24.4 Å². The Morgan fingerprint density at radius 3 is 2.34 bits per heavy atom. The van der Waals surface area contributed by atoms with Crippen molar-refractivity contribution in [2.75, 3.05) is 23.7 Å². The van der Waals surface area contributed by atoms with Crippen LogP contribution in [0.2, 0.25) is 0 Å². The number of anilines is 3. The summed E-state index contributed by atoms with van der Waals surface area (Å²) in [5, 5.41) is 9.68. The van der Waals surface area contributed by atoms with Crippen LogP contribution in [0.4, 0.5) is 17.5 Å². The van der Waals surface area contributed by atoms with Crippen LogP contribution in [0.3, 0.4) is 0 Å². The van der Waals surface area contributed by atoms with Gasteiger partial charge in [0.05, 0.1) is 0 Å². The van der Waals surface area contributed by atoms with Crippen molar-refractivity contribution in [2.45, 2.75) is 58.8 Å². The first-order valence-electron chi connectivity index (χ1n) is 12.0. The summed E-state index contributed by atoms with van der Waals surface area (Å²) in [5.74, 6) is 5.73. The first kappa shape index (κ1) is 21.2. The van der Waals surface area contributed by atoms with E-state index in [1.54, 1.807) is 6.20 Å². The quantitative estimate of drug-likeness (QED) is 0.535. The first-order chi connectivity index (χ1) is 15.4. The molecule has 4 aliphatic rings. The van der Waals surface area contributed by atoms with Crippen LogP contribution in [0.1, 0.15) is 56.3 Å². The monoisotopic (exact) mass is 434 g/mol. The molecule has 0 aromatic carbocycles. The molecular formula is C25H34N6O. The van der Waals surface area contributed by atoms with E-state index in [1.807, 2.05) is 32.0 Å². The molecule has 0 atom stereocenters. The molecule has 32 heavy (non-hydrogen) atoms. The molecule has 0 spiro atoms. The summed E-state index contributed by atoms with van der Waals surface area (Å²) in [6, 6.07) is 5.80. The molecule has 7 nitrogen and oxygen atoms in total. The summed E-state index contributed by atoms with van der Waals surface area (Å²) < 4.78 is 0. The van der Waals surface area contributed by atoms with E-state index in [4.69, 9.17) is 0 Å². The van der Waals surface area contributed by atoms with Gasteiger partial charge >= 0.3 is 0 Å². The largest absolute Gasteiger partial charge is 0.368 e. The van der Waals surface area contributed by atoms with Gasteiger partial charge in [-0.2, -0.15) is 0 Å². The van der Waals surface area contributed by atoms with Crippen LogP contribution in [0.25, 0.3) is 0 Å². The van der Waals surface area contributed by atoms with Crippen LogP contribution in [0, 0.1) is 37.0 Å². The molecule has 0 radical (unpaired) electrons. The first-order valence-corrected chi connectivity index (χ1v) is 12.0. The number of nitrogens with zero attached hydrogens (tertiary/aromatic N) is 3. The molecule has 4 fully saturated rings. The van der Waals surface area contributed by atoms with Crippen molar-refractivity contribution in [1.29, 1.82) is 0 Å². The highest BCUT2D eigenvalue weighted by Crippen LogP contribution is 2.61. The molecular weight excluding hydrogens is 400 g/mol. The van der Waals surface area contributed by atoms with Crippen LogP contribution in [-0.4, -0.2) is 33.9 Å². The van der Waals surface area contributed by atoms with Gasteiger partial charge in [0.15, 0.2) is 0 Å². The van der Waals surface area contributed by atoms with Crippen LogP contribution >= 0.6 is 0 Å². The normalized spacial score (nSPS) is 27.9. The molecule has 7 heteroatoms. The average Bonchev–Trinajstić information content (AvgIpc) is 2.69. The minimum atomic E-state index is 0.209. The Balaban J connectivity index is 1.10. The molecule has 3 N–H and O–H groups in total. The van der Waals surface area contributed by atoms with E-state index < -0.39 is 0 Å². The Hall–Kier alpha value is -2.70. The molecule has 4 aliphatic carbocycles. The van der Waals surface area contributed by atoms with Gasteiger partial charge < -0.3 is 16.0 Å². The predicted molar refractivity (Wildman–Crippen MR) is 126 cm³/mol. The highest BCUT2D eigenvalue weighted by Gasteiger charge is 2.51. The summed E-state index contributed by atoms with van der Waals surface area (Å²) in [4.78, 5) is 25.9. The molecule has 1 amide bonds. The Morgan fingerprint density at radius 1 is 0.969 bits per heavy atom. The number of pyridine rings is 1. The molecule has 2 aromatic rings. The fourth-order valence-corrected chi connectivity index (χ4v) is 6.76. The van der Waals surface area contributed by atoms with Gasteiger partial charge in [-0.15, -0.1) is 0 Å². The van der Waals surface area contributed by atoms with Gasteiger partial charge in [-0.3, -0.25) is 4.79 Å². The molecule has 6 rings (SSSR count). The summed E-state index contributed by atoms with van der Waals surface area (Å²) in [6.45, 7) is 5.12. The topological polar surface area (TPSA) is 91.8 Å². The standard InChI is InChI=1S/C25H34N6O/c1-16-3-4-26-21(7-16)31-23-11-22(29-17(2)30-23)27-5-6-28-24(32)15-25-12-18-8-19(13-25)10-20(9-18)14-25/h3-4,7,11,18-20H,5-6,8-10,12-15H2,1-2H3,(H,28,32)(H2,26,27,29,30,31). The maximum Gasteiger partial charge on any atom is 0.220 e. The zero-order valence-corrected chi connectivity index (χ0v) is 19.2. The fourth-order valence-electron chi connectivity index (χ4n) is 6.76. The summed E-state index contributed by atoms with van der Waals surface area (Å²) in [5.41, 5.74) is 1.43. The molecule has 170 valence electrons. The van der Waals surface area contributed by atoms with Gasteiger partial charge in [-0.05, 0) is 93.2 Å². The summed E-state index contributed by atoms with van der Waals surface area (Å²) in [6.07, 6.45) is 10.6. The van der Waals surface area contributed by atoms with Gasteiger partial charge in [0.25, 0.3) is 0 Å². The second-order valence-corrected chi connectivity index (χ2v) is 10.4. The van der Waals surface area contributed by atoms with E-state index in [-0.39, 0.29) is 5.91 Å². The Kier molecular flexibility index (Phi) is 5.74. The van der Waals surface area contributed by atoms with E-state index in [1.165, 1.54) is 38.5 Å². The zero-order chi connectivity index (χ0) is 22.1. The lowest BCUT2D eigenvalue weighted by Gasteiger charge is -2.56. The number of amides is 1. The van der Waals surface area contributed by atoms with E-state index in [9.17, 15) is 4.79 Å². The number of rotatable bonds is 8. The second kappa shape index (κ2) is 8.68. The van der Waals surface area contributed by atoms with E-state index in [2.05, 4.69) is 30.9 Å². The van der Waals surface area contributed by atoms with Crippen LogP contribution in [-0.2, 0) is 4.79 Å². The maximum absolute atomic E-state index is 12.7. The number of carbonyl (C=O) groups excluding carboxylic acids is 1. The highest BCUT2D eigenvalue weighted by atomic mass is 16.1. The van der Waals surface area contributed by atoms with Gasteiger partial charge in [-0.1, -0.05) is 0 Å². The van der Waals surface area contributed by atoms with Crippen molar-refractivity contribution in [1.82, 2.24) is 20.3 Å². The van der Waals surface area contributed by atoms with Gasteiger partial charge in [0, 0.05) is 31.8 Å². The van der Waals surface area contributed by atoms with Crippen molar-refractivity contribution in [3.8, 4) is 0 Å². The maximum atomic E-state index is 12.7. The van der Waals surface area contributed by atoms with Crippen molar-refractivity contribution in [3.63, 3.8) is 0 Å². The SMILES string of the molecule is Cc1ccnc(Nc2cc(NCCNC(=O)CC34CC5CC(CC(C5)C3)C4)nc(C)n2)c1. The molecule has 0 aliphatic heterocycles. The molecule has 4 bridgehead atoms. The lowest BCUT2D eigenvalue weighted by atomic mass is 9.49. The number of nitrogens with one attached hydrogen (secondary N) is 3. The Bertz CT molecular complexity index is 955. The van der Waals surface area contributed by atoms with E-state index in [0.29, 0.717) is 36.6 Å². The molecule has 4 saturated carbocycles.